The number of halogens is 1. The Kier molecular flexibility index (Phi) is 5.06. The fourth-order valence-electron chi connectivity index (χ4n) is 1.71. The Balaban J connectivity index is 2.16. The number of rotatable bonds is 4. The van der Waals surface area contributed by atoms with Gasteiger partial charge in [0.05, 0.1) is 6.61 Å². The lowest BCUT2D eigenvalue weighted by Crippen LogP contribution is -2.05. The highest BCUT2D eigenvalue weighted by Crippen LogP contribution is 2.32. The van der Waals surface area contributed by atoms with Crippen LogP contribution in [0.3, 0.4) is 0 Å². The van der Waals surface area contributed by atoms with Crippen LogP contribution in [-0.2, 0) is 11.4 Å². The van der Waals surface area contributed by atoms with Gasteiger partial charge in [0.15, 0.2) is 0 Å². The summed E-state index contributed by atoms with van der Waals surface area (Å²) in [6.07, 6.45) is 0. The zero-order chi connectivity index (χ0) is 14.5. The van der Waals surface area contributed by atoms with E-state index in [4.69, 9.17) is 11.6 Å². The summed E-state index contributed by atoms with van der Waals surface area (Å²) in [6.45, 7) is 1.43. The fourth-order valence-corrected chi connectivity index (χ4v) is 2.82. The Morgan fingerprint density at radius 2 is 1.95 bits per heavy atom. The molecule has 0 aromatic heterocycles. The molecular weight excluding hydrogens is 294 g/mol. The first-order valence-corrected chi connectivity index (χ1v) is 7.22. The predicted octanol–water partition coefficient (Wildman–Crippen LogP) is 3.94. The van der Waals surface area contributed by atoms with Crippen molar-refractivity contribution in [1.29, 1.82) is 0 Å². The molecule has 2 N–H and O–H groups in total. The number of nitrogens with one attached hydrogen (secondary N) is 1. The molecule has 0 aliphatic heterocycles. The summed E-state index contributed by atoms with van der Waals surface area (Å²) < 4.78 is 0. The van der Waals surface area contributed by atoms with Crippen LogP contribution in [0.4, 0.5) is 5.69 Å². The van der Waals surface area contributed by atoms with Crippen LogP contribution in [0.15, 0.2) is 52.3 Å². The van der Waals surface area contributed by atoms with Gasteiger partial charge in [-0.1, -0.05) is 23.4 Å². The average Bonchev–Trinajstić information content (AvgIpc) is 2.42. The number of hydrogen-bond donors (Lipinski definition) is 2. The standard InChI is InChI=1S/C15H14ClNO2S/c1-10(19)17-13-3-5-14(6-4-13)20-15-7-2-12(16)8-11(15)9-18/h2-8,18H,9H2,1H3,(H,17,19). The molecule has 0 unspecified atom stereocenters. The van der Waals surface area contributed by atoms with E-state index in [1.54, 1.807) is 23.9 Å². The minimum atomic E-state index is -0.0920. The van der Waals surface area contributed by atoms with Crippen molar-refractivity contribution in [2.24, 2.45) is 0 Å². The average molecular weight is 308 g/mol. The lowest BCUT2D eigenvalue weighted by atomic mass is 10.2. The van der Waals surface area contributed by atoms with Crippen LogP contribution in [0.2, 0.25) is 5.02 Å². The highest BCUT2D eigenvalue weighted by molar-refractivity contribution is 7.99. The molecule has 0 aliphatic rings. The summed E-state index contributed by atoms with van der Waals surface area (Å²) in [5, 5.41) is 12.7. The third kappa shape index (κ3) is 4.00. The molecule has 0 atom stereocenters. The second kappa shape index (κ2) is 6.79. The van der Waals surface area contributed by atoms with Crippen LogP contribution in [0, 0.1) is 0 Å². The number of amides is 1. The number of hydrogen-bond acceptors (Lipinski definition) is 3. The van der Waals surface area contributed by atoms with Gasteiger partial charge in [-0.2, -0.15) is 0 Å². The van der Waals surface area contributed by atoms with Gasteiger partial charge in [-0.3, -0.25) is 4.79 Å². The third-order valence-corrected chi connectivity index (χ3v) is 3.96. The Hall–Kier alpha value is -1.49. The molecule has 5 heteroatoms. The van der Waals surface area contributed by atoms with E-state index in [0.717, 1.165) is 21.0 Å². The van der Waals surface area contributed by atoms with Crippen LogP contribution in [-0.4, -0.2) is 11.0 Å². The van der Waals surface area contributed by atoms with E-state index in [-0.39, 0.29) is 12.5 Å². The van der Waals surface area contributed by atoms with Gasteiger partial charge in [0, 0.05) is 27.4 Å². The highest BCUT2D eigenvalue weighted by Gasteiger charge is 2.05. The molecule has 0 heterocycles. The smallest absolute Gasteiger partial charge is 0.221 e. The van der Waals surface area contributed by atoms with Crippen molar-refractivity contribution in [2.45, 2.75) is 23.3 Å². The molecule has 20 heavy (non-hydrogen) atoms. The third-order valence-electron chi connectivity index (χ3n) is 2.60. The van der Waals surface area contributed by atoms with Gasteiger partial charge < -0.3 is 10.4 Å². The molecule has 0 saturated heterocycles. The molecule has 0 radical (unpaired) electrons. The lowest BCUT2D eigenvalue weighted by Gasteiger charge is -2.08. The summed E-state index contributed by atoms with van der Waals surface area (Å²) >= 11 is 7.45. The van der Waals surface area contributed by atoms with Gasteiger partial charge in [0.25, 0.3) is 0 Å². The first-order chi connectivity index (χ1) is 9.58. The molecule has 3 nitrogen and oxygen atoms in total. The molecule has 0 spiro atoms. The fraction of sp³-hybridized carbons (Fsp3) is 0.133. The second-order valence-electron chi connectivity index (χ2n) is 4.22. The van der Waals surface area contributed by atoms with Crippen molar-refractivity contribution in [3.63, 3.8) is 0 Å². The molecular formula is C15H14ClNO2S. The van der Waals surface area contributed by atoms with Crippen LogP contribution in [0.1, 0.15) is 12.5 Å². The summed E-state index contributed by atoms with van der Waals surface area (Å²) in [5.74, 6) is -0.0920. The monoisotopic (exact) mass is 307 g/mol. The molecule has 2 aromatic rings. The van der Waals surface area contributed by atoms with Gasteiger partial charge in [-0.15, -0.1) is 0 Å². The Labute approximate surface area is 127 Å². The molecule has 1 amide bonds. The highest BCUT2D eigenvalue weighted by atomic mass is 35.5. The molecule has 104 valence electrons. The molecule has 0 aliphatic carbocycles. The van der Waals surface area contributed by atoms with E-state index in [1.165, 1.54) is 6.92 Å². The van der Waals surface area contributed by atoms with E-state index in [9.17, 15) is 9.90 Å². The van der Waals surface area contributed by atoms with Gasteiger partial charge >= 0.3 is 0 Å². The van der Waals surface area contributed by atoms with Gasteiger partial charge in [-0.25, -0.2) is 0 Å². The maximum absolute atomic E-state index is 10.9. The summed E-state index contributed by atoms with van der Waals surface area (Å²) in [7, 11) is 0. The van der Waals surface area contributed by atoms with Crippen molar-refractivity contribution < 1.29 is 9.90 Å². The minimum absolute atomic E-state index is 0.0487. The summed E-state index contributed by atoms with van der Waals surface area (Å²) in [4.78, 5) is 12.9. The van der Waals surface area contributed by atoms with Crippen molar-refractivity contribution in [1.82, 2.24) is 0 Å². The first-order valence-electron chi connectivity index (χ1n) is 6.03. The van der Waals surface area contributed by atoms with Crippen LogP contribution in [0.25, 0.3) is 0 Å². The second-order valence-corrected chi connectivity index (χ2v) is 5.77. The number of carbonyl (C=O) groups excluding carboxylic acids is 1. The normalized spacial score (nSPS) is 10.3. The molecule has 0 bridgehead atoms. The van der Waals surface area contributed by atoms with Gasteiger partial charge in [-0.05, 0) is 48.0 Å². The van der Waals surface area contributed by atoms with E-state index >= 15 is 0 Å². The van der Waals surface area contributed by atoms with Crippen molar-refractivity contribution in [3.8, 4) is 0 Å². The van der Waals surface area contributed by atoms with Gasteiger partial charge in [0.1, 0.15) is 0 Å². The topological polar surface area (TPSA) is 49.3 Å². The van der Waals surface area contributed by atoms with Crippen molar-refractivity contribution in [3.05, 3.63) is 53.1 Å². The van der Waals surface area contributed by atoms with E-state index in [1.807, 2.05) is 30.3 Å². The largest absolute Gasteiger partial charge is 0.392 e. The minimum Gasteiger partial charge on any atom is -0.392 e. The molecule has 2 rings (SSSR count). The Morgan fingerprint density at radius 1 is 1.25 bits per heavy atom. The maximum atomic E-state index is 10.9. The zero-order valence-electron chi connectivity index (χ0n) is 10.9. The lowest BCUT2D eigenvalue weighted by molar-refractivity contribution is -0.114. The SMILES string of the molecule is CC(=O)Nc1ccc(Sc2ccc(Cl)cc2CO)cc1. The van der Waals surface area contributed by atoms with E-state index in [2.05, 4.69) is 5.32 Å². The van der Waals surface area contributed by atoms with Crippen LogP contribution >= 0.6 is 23.4 Å². The quantitative estimate of drug-likeness (QED) is 0.899. The maximum Gasteiger partial charge on any atom is 0.221 e. The van der Waals surface area contributed by atoms with Crippen LogP contribution in [0.5, 0.6) is 0 Å². The number of aliphatic hydroxyl groups excluding tert-OH is 1. The first kappa shape index (κ1) is 14.9. The van der Waals surface area contributed by atoms with Crippen LogP contribution < -0.4 is 5.32 Å². The number of anilines is 1. The van der Waals surface area contributed by atoms with E-state index < -0.39 is 0 Å². The predicted molar refractivity (Wildman–Crippen MR) is 82.2 cm³/mol. The van der Waals surface area contributed by atoms with Crippen molar-refractivity contribution in [2.75, 3.05) is 5.32 Å². The number of carbonyl (C=O) groups is 1. The van der Waals surface area contributed by atoms with Crippen molar-refractivity contribution >= 4 is 35.0 Å². The zero-order valence-corrected chi connectivity index (χ0v) is 12.5. The summed E-state index contributed by atoms with van der Waals surface area (Å²) in [6, 6.07) is 13.0. The molecule has 0 fully saturated rings. The number of aliphatic hydroxyl groups is 1. The summed E-state index contributed by atoms with van der Waals surface area (Å²) in [5.41, 5.74) is 1.56. The van der Waals surface area contributed by atoms with E-state index in [0.29, 0.717) is 5.02 Å². The molecule has 0 saturated carbocycles. The Bertz CT molecular complexity index is 614. The molecule has 2 aromatic carbocycles. The number of benzene rings is 2. The Morgan fingerprint density at radius 3 is 2.55 bits per heavy atom. The van der Waals surface area contributed by atoms with Gasteiger partial charge in [0.2, 0.25) is 5.91 Å².